The third-order valence-corrected chi connectivity index (χ3v) is 4.39. The predicted octanol–water partition coefficient (Wildman–Crippen LogP) is -1.20. The van der Waals surface area contributed by atoms with Crippen molar-refractivity contribution >= 4 is 17.1 Å². The molecule has 9 heteroatoms. The monoisotopic (exact) mass is 352 g/mol. The van der Waals surface area contributed by atoms with E-state index in [1.165, 1.54) is 16.6 Å². The minimum Gasteiger partial charge on any atom is -0.468 e. The minimum atomic E-state index is -0.549. The molecule has 2 N–H and O–H groups in total. The molecule has 25 heavy (non-hydrogen) atoms. The first kappa shape index (κ1) is 18.9. The molecular formula is C16H26N5O4+. The molecule has 2 aromatic heterocycles. The Morgan fingerprint density at radius 2 is 2.04 bits per heavy atom. The second-order valence-electron chi connectivity index (χ2n) is 6.06. The van der Waals surface area contributed by atoms with Crippen LogP contribution in [0.4, 0.5) is 0 Å². The fourth-order valence-electron chi connectivity index (χ4n) is 2.82. The van der Waals surface area contributed by atoms with E-state index in [-0.39, 0.29) is 17.7 Å². The highest BCUT2D eigenvalue weighted by molar-refractivity contribution is 5.75. The van der Waals surface area contributed by atoms with Crippen molar-refractivity contribution < 1.29 is 14.4 Å². The number of ether oxygens (including phenoxy) is 1. The second kappa shape index (κ2) is 8.11. The minimum absolute atomic E-state index is 0.117. The van der Waals surface area contributed by atoms with Crippen LogP contribution >= 0.6 is 0 Å². The number of unbranched alkanes of at least 4 members (excludes halogenated alkanes) is 1. The van der Waals surface area contributed by atoms with Crippen LogP contribution in [0.25, 0.3) is 11.2 Å². The lowest BCUT2D eigenvalue weighted by molar-refractivity contribution is -0.913. The van der Waals surface area contributed by atoms with Gasteiger partial charge in [0, 0.05) is 7.05 Å². The lowest BCUT2D eigenvalue weighted by Crippen LogP contribution is -3.10. The molecule has 0 spiro atoms. The number of rotatable bonds is 8. The number of carbonyl (C=O) groups is 1. The number of hydrogen-bond donors (Lipinski definition) is 2. The van der Waals surface area contributed by atoms with Crippen molar-refractivity contribution in [1.82, 2.24) is 19.1 Å². The molecule has 138 valence electrons. The normalized spacial score (nSPS) is 12.5. The van der Waals surface area contributed by atoms with Crippen molar-refractivity contribution in [2.75, 3.05) is 20.2 Å². The molecule has 2 heterocycles. The maximum Gasteiger partial charge on any atom is 0.329 e. The lowest BCUT2D eigenvalue weighted by atomic mass is 10.3. The van der Waals surface area contributed by atoms with E-state index in [0.717, 1.165) is 25.9 Å². The molecule has 0 saturated heterocycles. The first-order valence-corrected chi connectivity index (χ1v) is 8.51. The third kappa shape index (κ3) is 3.98. The fraction of sp³-hybridized carbons (Fsp3) is 0.625. The predicted molar refractivity (Wildman–Crippen MR) is 92.6 cm³/mol. The Morgan fingerprint density at radius 1 is 1.32 bits per heavy atom. The van der Waals surface area contributed by atoms with Crippen LogP contribution in [0.15, 0.2) is 9.59 Å². The molecule has 0 saturated carbocycles. The van der Waals surface area contributed by atoms with Gasteiger partial charge >= 0.3 is 11.7 Å². The van der Waals surface area contributed by atoms with Gasteiger partial charge in [0.1, 0.15) is 13.1 Å². The average Bonchev–Trinajstić information content (AvgIpc) is 2.95. The summed E-state index contributed by atoms with van der Waals surface area (Å²) in [7, 11) is 2.84. The highest BCUT2D eigenvalue weighted by Crippen LogP contribution is 2.10. The molecule has 9 nitrogen and oxygen atoms in total. The van der Waals surface area contributed by atoms with Gasteiger partial charge in [0.15, 0.2) is 17.0 Å². The van der Waals surface area contributed by atoms with Gasteiger partial charge in [-0.1, -0.05) is 13.3 Å². The number of aromatic nitrogens is 4. The molecule has 0 aliphatic rings. The third-order valence-electron chi connectivity index (χ3n) is 4.39. The number of esters is 1. The Balaban J connectivity index is 2.57. The van der Waals surface area contributed by atoms with Crippen molar-refractivity contribution in [3.05, 3.63) is 26.7 Å². The van der Waals surface area contributed by atoms with Gasteiger partial charge in [-0.15, -0.1) is 0 Å². The molecule has 0 aliphatic carbocycles. The van der Waals surface area contributed by atoms with Gasteiger partial charge in [-0.2, -0.15) is 0 Å². The molecule has 2 aromatic rings. The number of nitrogens with zero attached hydrogens (tertiary/aromatic N) is 3. The smallest absolute Gasteiger partial charge is 0.329 e. The quantitative estimate of drug-likeness (QED) is 0.581. The summed E-state index contributed by atoms with van der Waals surface area (Å²) in [5.74, 6) is 0.125. The number of aryl methyl sites for hydroxylation is 1. The van der Waals surface area contributed by atoms with Crippen molar-refractivity contribution in [2.24, 2.45) is 7.05 Å². The Kier molecular flexibility index (Phi) is 6.13. The zero-order valence-corrected chi connectivity index (χ0v) is 15.2. The average molecular weight is 352 g/mol. The number of hydrogen-bond acceptors (Lipinski definition) is 5. The number of imidazole rings is 1. The Hall–Kier alpha value is -2.42. The maximum absolute atomic E-state index is 12.3. The SMILES string of the molecule is CCCC[NH+](CC)Cc1nc2c(c(=O)[nH]c(=O)n2C)n1CC(=O)OC. The van der Waals surface area contributed by atoms with Crippen LogP contribution in [0, 0.1) is 0 Å². The van der Waals surface area contributed by atoms with Gasteiger partial charge in [-0.3, -0.25) is 19.1 Å². The van der Waals surface area contributed by atoms with Crippen LogP contribution in [0.3, 0.4) is 0 Å². The zero-order valence-electron chi connectivity index (χ0n) is 15.2. The second-order valence-corrected chi connectivity index (χ2v) is 6.06. The van der Waals surface area contributed by atoms with Crippen molar-refractivity contribution in [3.63, 3.8) is 0 Å². The zero-order chi connectivity index (χ0) is 18.6. The van der Waals surface area contributed by atoms with Crippen LogP contribution in [-0.2, 0) is 29.7 Å². The first-order valence-electron chi connectivity index (χ1n) is 8.51. The molecule has 0 fully saturated rings. The standard InChI is InChI=1S/C16H25N5O4/c1-5-7-8-20(6-2)9-11-17-14-13(21(11)10-12(22)25-4)15(23)18-16(24)19(14)3/h5-10H2,1-4H3,(H,18,23,24)/p+1. The number of aromatic amines is 1. The van der Waals surface area contributed by atoms with Gasteiger partial charge < -0.3 is 14.2 Å². The molecule has 0 radical (unpaired) electrons. The van der Waals surface area contributed by atoms with Crippen LogP contribution < -0.4 is 16.1 Å². The van der Waals surface area contributed by atoms with E-state index in [0.29, 0.717) is 12.4 Å². The van der Waals surface area contributed by atoms with Gasteiger partial charge in [0.05, 0.1) is 20.2 Å². The van der Waals surface area contributed by atoms with E-state index in [2.05, 4.69) is 23.8 Å². The fourth-order valence-corrected chi connectivity index (χ4v) is 2.82. The summed E-state index contributed by atoms with van der Waals surface area (Å²) in [6, 6.07) is 0. The van der Waals surface area contributed by atoms with Crippen molar-refractivity contribution in [2.45, 2.75) is 39.8 Å². The highest BCUT2D eigenvalue weighted by Gasteiger charge is 2.22. The van der Waals surface area contributed by atoms with Gasteiger partial charge in [0.2, 0.25) is 0 Å². The molecule has 0 bridgehead atoms. The molecule has 0 aliphatic heterocycles. The summed E-state index contributed by atoms with van der Waals surface area (Å²) in [6.45, 7) is 6.54. The summed E-state index contributed by atoms with van der Waals surface area (Å²) >= 11 is 0. The first-order chi connectivity index (χ1) is 11.9. The molecule has 2 rings (SSSR count). The molecule has 1 unspecified atom stereocenters. The van der Waals surface area contributed by atoms with Crippen LogP contribution in [0.2, 0.25) is 0 Å². The van der Waals surface area contributed by atoms with Crippen molar-refractivity contribution in [1.29, 1.82) is 0 Å². The van der Waals surface area contributed by atoms with Crippen LogP contribution in [0.5, 0.6) is 0 Å². The molecular weight excluding hydrogens is 326 g/mol. The number of methoxy groups -OCH3 is 1. The summed E-state index contributed by atoms with van der Waals surface area (Å²) in [6.07, 6.45) is 2.18. The van der Waals surface area contributed by atoms with Crippen LogP contribution in [-0.4, -0.2) is 45.3 Å². The summed E-state index contributed by atoms with van der Waals surface area (Å²) < 4.78 is 7.58. The highest BCUT2D eigenvalue weighted by atomic mass is 16.5. The Labute approximate surface area is 145 Å². The summed E-state index contributed by atoms with van der Waals surface area (Å²) in [5, 5.41) is 0. The van der Waals surface area contributed by atoms with Gasteiger partial charge in [-0.25, -0.2) is 9.78 Å². The number of H-pyrrole nitrogens is 1. The number of quaternary nitrogens is 1. The summed E-state index contributed by atoms with van der Waals surface area (Å²) in [5.41, 5.74) is -0.586. The van der Waals surface area contributed by atoms with E-state index in [1.54, 1.807) is 11.6 Å². The van der Waals surface area contributed by atoms with E-state index in [9.17, 15) is 14.4 Å². The summed E-state index contributed by atoms with van der Waals surface area (Å²) in [4.78, 5) is 44.0. The molecule has 0 aromatic carbocycles. The van der Waals surface area contributed by atoms with Gasteiger partial charge in [0.25, 0.3) is 5.56 Å². The molecule has 1 atom stereocenters. The van der Waals surface area contributed by atoms with Gasteiger partial charge in [-0.05, 0) is 13.3 Å². The van der Waals surface area contributed by atoms with E-state index in [4.69, 9.17) is 4.74 Å². The Bertz CT molecular complexity index is 864. The number of carbonyl (C=O) groups excluding carboxylic acids is 1. The van der Waals surface area contributed by atoms with E-state index < -0.39 is 17.2 Å². The maximum atomic E-state index is 12.3. The van der Waals surface area contributed by atoms with E-state index >= 15 is 0 Å². The number of fused-ring (bicyclic) bond motifs is 1. The number of nitrogens with one attached hydrogen (secondary N) is 2. The topological polar surface area (TPSA) is 103 Å². The van der Waals surface area contributed by atoms with E-state index in [1.807, 2.05) is 0 Å². The van der Waals surface area contributed by atoms with Crippen LogP contribution in [0.1, 0.15) is 32.5 Å². The lowest BCUT2D eigenvalue weighted by Gasteiger charge is -2.17. The Morgan fingerprint density at radius 3 is 2.64 bits per heavy atom. The largest absolute Gasteiger partial charge is 0.468 e. The van der Waals surface area contributed by atoms with Crippen molar-refractivity contribution in [3.8, 4) is 0 Å². The molecule has 0 amide bonds.